The van der Waals surface area contributed by atoms with Crippen molar-refractivity contribution < 1.29 is 0 Å². The van der Waals surface area contributed by atoms with Crippen LogP contribution in [-0.2, 0) is 0 Å². The van der Waals surface area contributed by atoms with E-state index in [2.05, 4.69) is 31.0 Å². The highest BCUT2D eigenvalue weighted by Gasteiger charge is 2.16. The van der Waals surface area contributed by atoms with Crippen LogP contribution < -0.4 is 5.32 Å². The van der Waals surface area contributed by atoms with Crippen molar-refractivity contribution in [2.24, 2.45) is 5.92 Å². The predicted molar refractivity (Wildman–Crippen MR) is 58.0 cm³/mol. The number of hydrogen-bond donors (Lipinski definition) is 1. The minimum absolute atomic E-state index is 0.724. The zero-order valence-electron chi connectivity index (χ0n) is 9.34. The number of nitrogens with one attached hydrogen (secondary N) is 1. The highest BCUT2D eigenvalue weighted by Crippen LogP contribution is 2.09. The van der Waals surface area contributed by atoms with E-state index in [-0.39, 0.29) is 0 Å². The SMILES string of the molecule is CCN1CCCNC(CC(C)C)C1. The molecule has 1 fully saturated rings. The molecule has 1 aliphatic heterocycles. The molecule has 2 nitrogen and oxygen atoms in total. The molecular weight excluding hydrogens is 160 g/mol. The fourth-order valence-electron chi connectivity index (χ4n) is 2.09. The molecule has 0 radical (unpaired) electrons. The lowest BCUT2D eigenvalue weighted by Gasteiger charge is -2.24. The average Bonchev–Trinajstić information content (AvgIpc) is 2.28. The largest absolute Gasteiger partial charge is 0.313 e. The Labute approximate surface area is 82.7 Å². The zero-order valence-corrected chi connectivity index (χ0v) is 9.34. The fraction of sp³-hybridized carbons (Fsp3) is 1.00. The number of likely N-dealkylation sites (N-methyl/N-ethyl adjacent to an activating group) is 1. The maximum Gasteiger partial charge on any atom is 0.0197 e. The van der Waals surface area contributed by atoms with Gasteiger partial charge in [0.15, 0.2) is 0 Å². The summed E-state index contributed by atoms with van der Waals surface area (Å²) in [5.41, 5.74) is 0. The molecule has 0 aromatic carbocycles. The minimum Gasteiger partial charge on any atom is -0.313 e. The lowest BCUT2D eigenvalue weighted by Crippen LogP contribution is -2.38. The summed E-state index contributed by atoms with van der Waals surface area (Å²) in [5.74, 6) is 0.814. The molecule has 1 saturated heterocycles. The molecule has 0 saturated carbocycles. The van der Waals surface area contributed by atoms with Gasteiger partial charge < -0.3 is 10.2 Å². The monoisotopic (exact) mass is 184 g/mol. The molecule has 1 heterocycles. The number of nitrogens with zero attached hydrogens (tertiary/aromatic N) is 1. The minimum atomic E-state index is 0.724. The molecule has 1 rings (SSSR count). The normalized spacial score (nSPS) is 26.3. The van der Waals surface area contributed by atoms with E-state index in [1.165, 1.54) is 39.0 Å². The molecule has 0 aliphatic carbocycles. The molecule has 0 aromatic heterocycles. The van der Waals surface area contributed by atoms with Gasteiger partial charge in [0.25, 0.3) is 0 Å². The number of rotatable bonds is 3. The Bertz CT molecular complexity index is 134. The standard InChI is InChI=1S/C11H24N2/c1-4-13-7-5-6-12-11(9-13)8-10(2)3/h10-12H,4-9H2,1-3H3. The van der Waals surface area contributed by atoms with Crippen molar-refractivity contribution in [3.63, 3.8) is 0 Å². The summed E-state index contributed by atoms with van der Waals surface area (Å²) >= 11 is 0. The van der Waals surface area contributed by atoms with Crippen LogP contribution in [0.2, 0.25) is 0 Å². The van der Waals surface area contributed by atoms with Crippen molar-refractivity contribution >= 4 is 0 Å². The van der Waals surface area contributed by atoms with Crippen molar-refractivity contribution in [2.75, 3.05) is 26.2 Å². The van der Waals surface area contributed by atoms with Crippen molar-refractivity contribution in [3.8, 4) is 0 Å². The van der Waals surface area contributed by atoms with E-state index in [0.29, 0.717) is 0 Å². The first-order valence-electron chi connectivity index (χ1n) is 5.68. The van der Waals surface area contributed by atoms with E-state index in [4.69, 9.17) is 0 Å². The third-order valence-electron chi connectivity index (χ3n) is 2.77. The Morgan fingerprint density at radius 2 is 2.23 bits per heavy atom. The van der Waals surface area contributed by atoms with Gasteiger partial charge in [0.05, 0.1) is 0 Å². The lowest BCUT2D eigenvalue weighted by molar-refractivity contribution is 0.267. The van der Waals surface area contributed by atoms with E-state index >= 15 is 0 Å². The van der Waals surface area contributed by atoms with Crippen LogP contribution >= 0.6 is 0 Å². The van der Waals surface area contributed by atoms with Crippen molar-refractivity contribution in [3.05, 3.63) is 0 Å². The Hall–Kier alpha value is -0.0800. The third kappa shape index (κ3) is 4.10. The first-order valence-corrected chi connectivity index (χ1v) is 5.68. The summed E-state index contributed by atoms with van der Waals surface area (Å²) in [7, 11) is 0. The summed E-state index contributed by atoms with van der Waals surface area (Å²) in [6.45, 7) is 11.8. The molecule has 1 unspecified atom stereocenters. The van der Waals surface area contributed by atoms with Crippen molar-refractivity contribution in [1.29, 1.82) is 0 Å². The summed E-state index contributed by atoms with van der Waals surface area (Å²) in [5, 5.41) is 3.64. The highest BCUT2D eigenvalue weighted by molar-refractivity contribution is 4.76. The van der Waals surface area contributed by atoms with Crippen LogP contribution in [0.5, 0.6) is 0 Å². The summed E-state index contributed by atoms with van der Waals surface area (Å²) in [6, 6.07) is 0.724. The summed E-state index contributed by atoms with van der Waals surface area (Å²) in [4.78, 5) is 2.56. The summed E-state index contributed by atoms with van der Waals surface area (Å²) in [6.07, 6.45) is 2.62. The molecule has 1 N–H and O–H groups in total. The van der Waals surface area contributed by atoms with Gasteiger partial charge >= 0.3 is 0 Å². The quantitative estimate of drug-likeness (QED) is 0.718. The smallest absolute Gasteiger partial charge is 0.0197 e. The van der Waals surface area contributed by atoms with Gasteiger partial charge in [0, 0.05) is 12.6 Å². The van der Waals surface area contributed by atoms with Gasteiger partial charge in [-0.05, 0) is 38.4 Å². The van der Waals surface area contributed by atoms with E-state index in [0.717, 1.165) is 12.0 Å². The first kappa shape index (κ1) is 11.0. The van der Waals surface area contributed by atoms with Gasteiger partial charge in [0.2, 0.25) is 0 Å². The lowest BCUT2D eigenvalue weighted by atomic mass is 10.0. The Morgan fingerprint density at radius 1 is 1.46 bits per heavy atom. The Kier molecular flexibility index (Phi) is 4.74. The van der Waals surface area contributed by atoms with Gasteiger partial charge in [-0.25, -0.2) is 0 Å². The van der Waals surface area contributed by atoms with Gasteiger partial charge in [-0.3, -0.25) is 0 Å². The van der Waals surface area contributed by atoms with Gasteiger partial charge in [-0.1, -0.05) is 20.8 Å². The zero-order chi connectivity index (χ0) is 9.68. The topological polar surface area (TPSA) is 15.3 Å². The van der Waals surface area contributed by atoms with Crippen LogP contribution in [0.3, 0.4) is 0 Å². The molecule has 1 atom stereocenters. The van der Waals surface area contributed by atoms with E-state index in [1.807, 2.05) is 0 Å². The van der Waals surface area contributed by atoms with E-state index < -0.39 is 0 Å². The van der Waals surface area contributed by atoms with Crippen molar-refractivity contribution in [1.82, 2.24) is 10.2 Å². The molecule has 1 aliphatic rings. The molecule has 0 aromatic rings. The number of hydrogen-bond acceptors (Lipinski definition) is 2. The molecule has 0 bridgehead atoms. The average molecular weight is 184 g/mol. The molecule has 78 valence electrons. The van der Waals surface area contributed by atoms with Crippen LogP contribution in [0.4, 0.5) is 0 Å². The van der Waals surface area contributed by atoms with Crippen LogP contribution in [0, 0.1) is 5.92 Å². The summed E-state index contributed by atoms with van der Waals surface area (Å²) < 4.78 is 0. The van der Waals surface area contributed by atoms with Gasteiger partial charge in [-0.2, -0.15) is 0 Å². The maximum atomic E-state index is 3.64. The molecule has 2 heteroatoms. The Morgan fingerprint density at radius 3 is 2.85 bits per heavy atom. The van der Waals surface area contributed by atoms with Gasteiger partial charge in [-0.15, -0.1) is 0 Å². The second kappa shape index (κ2) is 5.61. The predicted octanol–water partition coefficient (Wildman–Crippen LogP) is 1.72. The van der Waals surface area contributed by atoms with E-state index in [1.54, 1.807) is 0 Å². The molecular formula is C11H24N2. The fourth-order valence-corrected chi connectivity index (χ4v) is 2.09. The van der Waals surface area contributed by atoms with Crippen molar-refractivity contribution in [2.45, 2.75) is 39.7 Å². The molecule has 0 amide bonds. The van der Waals surface area contributed by atoms with Crippen LogP contribution in [-0.4, -0.2) is 37.1 Å². The van der Waals surface area contributed by atoms with Crippen LogP contribution in [0.1, 0.15) is 33.6 Å². The molecule has 0 spiro atoms. The maximum absolute atomic E-state index is 3.64. The van der Waals surface area contributed by atoms with Crippen LogP contribution in [0.25, 0.3) is 0 Å². The molecule has 13 heavy (non-hydrogen) atoms. The Balaban J connectivity index is 2.35. The second-order valence-corrected chi connectivity index (χ2v) is 4.53. The first-order chi connectivity index (χ1) is 6.22. The van der Waals surface area contributed by atoms with Gasteiger partial charge in [0.1, 0.15) is 0 Å². The third-order valence-corrected chi connectivity index (χ3v) is 2.77. The highest BCUT2D eigenvalue weighted by atomic mass is 15.2. The van der Waals surface area contributed by atoms with E-state index in [9.17, 15) is 0 Å². The van der Waals surface area contributed by atoms with Crippen LogP contribution in [0.15, 0.2) is 0 Å². The second-order valence-electron chi connectivity index (χ2n) is 4.53.